The summed E-state index contributed by atoms with van der Waals surface area (Å²) in [5.41, 5.74) is 0. The largest absolute Gasteiger partial charge is 0.465 e. The molecular weight excluding hydrogens is 303 g/mol. The second-order valence-corrected chi connectivity index (χ2v) is 5.95. The van der Waals surface area contributed by atoms with E-state index in [1.807, 2.05) is 0 Å². The van der Waals surface area contributed by atoms with Gasteiger partial charge in [-0.3, -0.25) is 9.59 Å². The van der Waals surface area contributed by atoms with Gasteiger partial charge in [0.2, 0.25) is 0 Å². The number of halogens is 2. The van der Waals surface area contributed by atoms with Gasteiger partial charge in [0, 0.05) is 0 Å². The van der Waals surface area contributed by atoms with Crippen molar-refractivity contribution < 1.29 is 19.1 Å². The molecule has 1 unspecified atom stereocenters. The summed E-state index contributed by atoms with van der Waals surface area (Å²) >= 11 is 10.8. The number of carbonyl (C=O) groups is 2. The Morgan fingerprint density at radius 2 is 1.55 bits per heavy atom. The molecule has 1 atom stereocenters. The molecule has 0 aliphatic carbocycles. The Kier molecular flexibility index (Phi) is 12.0. The van der Waals surface area contributed by atoms with Crippen LogP contribution in [0, 0.1) is 5.92 Å². The van der Waals surface area contributed by atoms with E-state index in [1.165, 1.54) is 0 Å². The molecule has 0 fully saturated rings. The summed E-state index contributed by atoms with van der Waals surface area (Å²) in [6.45, 7) is 4.58. The summed E-state index contributed by atoms with van der Waals surface area (Å²) in [6.07, 6.45) is 4.35. The minimum Gasteiger partial charge on any atom is -0.465 e. The normalized spacial score (nSPS) is 12.2. The Morgan fingerprint density at radius 3 is 2.00 bits per heavy atom. The van der Waals surface area contributed by atoms with Gasteiger partial charge in [0.15, 0.2) is 0 Å². The summed E-state index contributed by atoms with van der Waals surface area (Å²) in [6, 6.07) is 0. The first-order valence-corrected chi connectivity index (χ1v) is 7.96. The predicted octanol–water partition coefficient (Wildman–Crippen LogP) is 3.87. The summed E-state index contributed by atoms with van der Waals surface area (Å²) in [5, 5.41) is 0. The third kappa shape index (κ3) is 11.4. The Balaban J connectivity index is 3.74. The van der Waals surface area contributed by atoms with E-state index in [9.17, 15) is 9.59 Å². The van der Waals surface area contributed by atoms with Crippen molar-refractivity contribution in [3.63, 3.8) is 0 Å². The van der Waals surface area contributed by atoms with Crippen LogP contribution >= 0.6 is 23.2 Å². The molecule has 0 saturated heterocycles. The molecule has 0 saturated carbocycles. The molecule has 0 aromatic rings. The summed E-state index contributed by atoms with van der Waals surface area (Å²) in [5.74, 6) is -0.462. The van der Waals surface area contributed by atoms with Gasteiger partial charge < -0.3 is 9.47 Å². The molecule has 0 N–H and O–H groups in total. The Bertz CT molecular complexity index is 282. The van der Waals surface area contributed by atoms with Crippen molar-refractivity contribution in [2.24, 2.45) is 5.92 Å². The number of esters is 2. The van der Waals surface area contributed by atoms with Crippen LogP contribution in [0.2, 0.25) is 0 Å². The quantitative estimate of drug-likeness (QED) is 0.427. The van der Waals surface area contributed by atoms with Gasteiger partial charge in [0.1, 0.15) is 11.4 Å². The average Bonchev–Trinajstić information content (AvgIpc) is 2.43. The van der Waals surface area contributed by atoms with E-state index in [0.717, 1.165) is 25.7 Å². The van der Waals surface area contributed by atoms with Crippen LogP contribution in [0.25, 0.3) is 0 Å². The van der Waals surface area contributed by atoms with Crippen LogP contribution in [0.4, 0.5) is 0 Å². The lowest BCUT2D eigenvalue weighted by molar-refractivity contribution is -0.151. The van der Waals surface area contributed by atoms with E-state index in [1.54, 1.807) is 0 Å². The van der Waals surface area contributed by atoms with Crippen molar-refractivity contribution in [1.29, 1.82) is 0 Å². The van der Waals surface area contributed by atoms with E-state index in [4.69, 9.17) is 32.7 Å². The fraction of sp³-hybridized carbons (Fsp3) is 0.857. The first kappa shape index (κ1) is 19.5. The van der Waals surface area contributed by atoms with E-state index in [2.05, 4.69) is 13.8 Å². The molecule has 0 heterocycles. The highest BCUT2D eigenvalue weighted by molar-refractivity contribution is 6.44. The molecule has 0 aliphatic rings. The minimum atomic E-state index is -0.741. The minimum absolute atomic E-state index is 0.00885. The number of ether oxygens (including phenoxy) is 2. The second-order valence-electron chi connectivity index (χ2n) is 4.67. The Morgan fingerprint density at radius 1 is 1.00 bits per heavy atom. The molecule has 0 spiro atoms. The fourth-order valence-corrected chi connectivity index (χ4v) is 1.74. The fourth-order valence-electron chi connectivity index (χ4n) is 1.61. The summed E-state index contributed by atoms with van der Waals surface area (Å²) in [7, 11) is 0. The topological polar surface area (TPSA) is 52.6 Å². The first-order valence-electron chi connectivity index (χ1n) is 7.08. The van der Waals surface area contributed by atoms with Gasteiger partial charge in [-0.2, -0.15) is 0 Å². The lowest BCUT2D eigenvalue weighted by atomic mass is 10.0. The van der Waals surface area contributed by atoms with Crippen LogP contribution in [0.5, 0.6) is 0 Å². The van der Waals surface area contributed by atoms with Gasteiger partial charge in [-0.05, 0) is 12.3 Å². The highest BCUT2D eigenvalue weighted by Crippen LogP contribution is 2.13. The van der Waals surface area contributed by atoms with Crippen molar-refractivity contribution in [2.45, 2.75) is 57.2 Å². The highest BCUT2D eigenvalue weighted by Gasteiger charge is 2.13. The van der Waals surface area contributed by atoms with Gasteiger partial charge in [-0.25, -0.2) is 0 Å². The van der Waals surface area contributed by atoms with Crippen molar-refractivity contribution >= 4 is 35.1 Å². The van der Waals surface area contributed by atoms with E-state index < -0.39 is 10.8 Å². The number of unbranched alkanes of at least 4 members (excludes halogenated alkanes) is 1. The number of carbonyl (C=O) groups excluding carboxylic acids is 2. The van der Waals surface area contributed by atoms with Gasteiger partial charge in [-0.1, -0.05) is 33.1 Å². The number of hydrogen-bond donors (Lipinski definition) is 0. The van der Waals surface area contributed by atoms with Gasteiger partial charge in [0.05, 0.1) is 19.4 Å². The highest BCUT2D eigenvalue weighted by atomic mass is 35.5. The lowest BCUT2D eigenvalue weighted by Crippen LogP contribution is -2.16. The summed E-state index contributed by atoms with van der Waals surface area (Å²) < 4.78 is 9.91. The standard InChI is InChI=1S/C14H24Cl2O4/c1-3-5-6-11(4-2)9-19-13(17)7-8-14(18)20-10-12(15)16/h11-12H,3-10H2,1-2H3. The van der Waals surface area contributed by atoms with Crippen LogP contribution in [-0.2, 0) is 19.1 Å². The van der Waals surface area contributed by atoms with Crippen LogP contribution < -0.4 is 0 Å². The molecular formula is C14H24Cl2O4. The van der Waals surface area contributed by atoms with Gasteiger partial charge >= 0.3 is 11.9 Å². The van der Waals surface area contributed by atoms with E-state index in [0.29, 0.717) is 12.5 Å². The maximum atomic E-state index is 11.5. The first-order chi connectivity index (χ1) is 9.49. The Labute approximate surface area is 131 Å². The van der Waals surface area contributed by atoms with Crippen molar-refractivity contribution in [3.05, 3.63) is 0 Å². The SMILES string of the molecule is CCCCC(CC)COC(=O)CCC(=O)OCC(Cl)Cl. The van der Waals surface area contributed by atoms with Crippen molar-refractivity contribution in [2.75, 3.05) is 13.2 Å². The monoisotopic (exact) mass is 326 g/mol. The van der Waals surface area contributed by atoms with Crippen LogP contribution in [0.1, 0.15) is 52.4 Å². The van der Waals surface area contributed by atoms with Crippen molar-refractivity contribution in [1.82, 2.24) is 0 Å². The molecule has 0 radical (unpaired) electrons. The molecule has 0 rings (SSSR count). The van der Waals surface area contributed by atoms with Gasteiger partial charge in [-0.15, -0.1) is 23.2 Å². The molecule has 0 aromatic heterocycles. The van der Waals surface area contributed by atoms with Crippen LogP contribution in [-0.4, -0.2) is 30.0 Å². The summed E-state index contributed by atoms with van der Waals surface area (Å²) in [4.78, 5) is 22.0. The average molecular weight is 327 g/mol. The molecule has 6 heteroatoms. The maximum absolute atomic E-state index is 11.5. The van der Waals surface area contributed by atoms with E-state index >= 15 is 0 Å². The predicted molar refractivity (Wildman–Crippen MR) is 80.0 cm³/mol. The number of rotatable bonds is 11. The molecule has 118 valence electrons. The molecule has 0 aromatic carbocycles. The smallest absolute Gasteiger partial charge is 0.306 e. The second kappa shape index (κ2) is 12.3. The lowest BCUT2D eigenvalue weighted by Gasteiger charge is -2.14. The maximum Gasteiger partial charge on any atom is 0.306 e. The molecule has 0 aliphatic heterocycles. The number of hydrogen-bond acceptors (Lipinski definition) is 4. The molecule has 20 heavy (non-hydrogen) atoms. The van der Waals surface area contributed by atoms with Crippen molar-refractivity contribution in [3.8, 4) is 0 Å². The van der Waals surface area contributed by atoms with Crippen LogP contribution in [0.15, 0.2) is 0 Å². The van der Waals surface area contributed by atoms with E-state index in [-0.39, 0.29) is 25.4 Å². The van der Waals surface area contributed by atoms with Crippen LogP contribution in [0.3, 0.4) is 0 Å². The molecule has 4 nitrogen and oxygen atoms in total. The molecule has 0 amide bonds. The molecule has 0 bridgehead atoms. The zero-order valence-corrected chi connectivity index (χ0v) is 13.7. The number of alkyl halides is 2. The third-order valence-electron chi connectivity index (χ3n) is 2.93. The zero-order chi connectivity index (χ0) is 15.4. The Hall–Kier alpha value is -0.480. The van der Waals surface area contributed by atoms with Gasteiger partial charge in [0.25, 0.3) is 0 Å². The third-order valence-corrected chi connectivity index (χ3v) is 3.18. The zero-order valence-electron chi connectivity index (χ0n) is 12.2.